The van der Waals surface area contributed by atoms with Crippen LogP contribution in [0.5, 0.6) is 5.75 Å². The molecule has 0 aliphatic rings. The Morgan fingerprint density at radius 2 is 1.56 bits per heavy atom. The fourth-order valence-electron chi connectivity index (χ4n) is 1.60. The van der Waals surface area contributed by atoms with Crippen molar-refractivity contribution in [3.05, 3.63) is 59.4 Å². The van der Waals surface area contributed by atoms with Crippen LogP contribution >= 0.6 is 0 Å². The molecular formula is C14H15NO. The van der Waals surface area contributed by atoms with Crippen molar-refractivity contribution in [3.63, 3.8) is 0 Å². The van der Waals surface area contributed by atoms with Crippen molar-refractivity contribution in [2.24, 2.45) is 0 Å². The maximum absolute atomic E-state index is 9.16. The molecule has 1 aromatic carbocycles. The summed E-state index contributed by atoms with van der Waals surface area (Å²) in [6.07, 6.45) is 3.89. The average molecular weight is 213 g/mol. The summed E-state index contributed by atoms with van der Waals surface area (Å²) in [5.41, 5.74) is 3.53. The lowest BCUT2D eigenvalue weighted by molar-refractivity contribution is 0.475. The number of phenols is 1. The molecule has 0 unspecified atom stereocenters. The Morgan fingerprint density at radius 3 is 2.19 bits per heavy atom. The molecule has 2 aromatic rings. The topological polar surface area (TPSA) is 33.1 Å². The van der Waals surface area contributed by atoms with Crippen LogP contribution in [-0.2, 0) is 12.8 Å². The molecule has 1 aromatic heterocycles. The van der Waals surface area contributed by atoms with Crippen molar-refractivity contribution in [1.29, 1.82) is 0 Å². The van der Waals surface area contributed by atoms with Crippen molar-refractivity contribution < 1.29 is 5.11 Å². The molecule has 0 amide bonds. The number of aromatic hydroxyl groups is 1. The van der Waals surface area contributed by atoms with Gasteiger partial charge in [0.1, 0.15) is 5.75 Å². The molecular weight excluding hydrogens is 198 g/mol. The van der Waals surface area contributed by atoms with Crippen LogP contribution in [0.25, 0.3) is 0 Å². The van der Waals surface area contributed by atoms with E-state index >= 15 is 0 Å². The van der Waals surface area contributed by atoms with Gasteiger partial charge in [-0.2, -0.15) is 0 Å². The van der Waals surface area contributed by atoms with E-state index in [1.807, 2.05) is 31.3 Å². The second kappa shape index (κ2) is 4.79. The van der Waals surface area contributed by atoms with Gasteiger partial charge >= 0.3 is 0 Å². The minimum Gasteiger partial charge on any atom is -0.508 e. The van der Waals surface area contributed by atoms with Gasteiger partial charge in [0.15, 0.2) is 0 Å². The van der Waals surface area contributed by atoms with Gasteiger partial charge in [-0.3, -0.25) is 4.98 Å². The van der Waals surface area contributed by atoms with Gasteiger partial charge < -0.3 is 5.11 Å². The van der Waals surface area contributed by atoms with Crippen molar-refractivity contribution in [2.45, 2.75) is 19.8 Å². The second-order valence-corrected chi connectivity index (χ2v) is 3.97. The van der Waals surface area contributed by atoms with E-state index in [4.69, 9.17) is 5.11 Å². The fraction of sp³-hybridized carbons (Fsp3) is 0.214. The van der Waals surface area contributed by atoms with Gasteiger partial charge in [-0.15, -0.1) is 0 Å². The number of rotatable bonds is 3. The van der Waals surface area contributed by atoms with Crippen LogP contribution in [0.3, 0.4) is 0 Å². The summed E-state index contributed by atoms with van der Waals surface area (Å²) in [6, 6.07) is 11.5. The Morgan fingerprint density at radius 1 is 0.938 bits per heavy atom. The van der Waals surface area contributed by atoms with Crippen LogP contribution in [-0.4, -0.2) is 10.1 Å². The Labute approximate surface area is 95.6 Å². The third-order valence-electron chi connectivity index (χ3n) is 2.61. The lowest BCUT2D eigenvalue weighted by Gasteiger charge is -2.02. The number of hydrogen-bond acceptors (Lipinski definition) is 2. The number of hydrogen-bond donors (Lipinski definition) is 1. The molecule has 0 radical (unpaired) electrons. The van der Waals surface area contributed by atoms with Crippen molar-refractivity contribution in [2.75, 3.05) is 0 Å². The molecule has 0 fully saturated rings. The summed E-state index contributed by atoms with van der Waals surface area (Å²) in [5, 5.41) is 9.16. The smallest absolute Gasteiger partial charge is 0.115 e. The first-order valence-corrected chi connectivity index (χ1v) is 5.43. The summed E-state index contributed by atoms with van der Waals surface area (Å²) >= 11 is 0. The highest BCUT2D eigenvalue weighted by atomic mass is 16.3. The van der Waals surface area contributed by atoms with E-state index in [0.717, 1.165) is 18.5 Å². The molecule has 0 saturated carbocycles. The van der Waals surface area contributed by atoms with Crippen molar-refractivity contribution in [3.8, 4) is 5.75 Å². The van der Waals surface area contributed by atoms with E-state index in [9.17, 15) is 0 Å². The minimum absolute atomic E-state index is 0.320. The van der Waals surface area contributed by atoms with E-state index in [1.54, 1.807) is 12.1 Å². The molecule has 0 saturated heterocycles. The third-order valence-corrected chi connectivity index (χ3v) is 2.61. The summed E-state index contributed by atoms with van der Waals surface area (Å²) in [5.74, 6) is 0.320. The number of pyridine rings is 1. The highest BCUT2D eigenvalue weighted by Gasteiger charge is 1.96. The Kier molecular flexibility index (Phi) is 3.20. The average Bonchev–Trinajstić information content (AvgIpc) is 2.30. The van der Waals surface area contributed by atoms with E-state index in [1.165, 1.54) is 11.1 Å². The summed E-state index contributed by atoms with van der Waals surface area (Å²) in [4.78, 5) is 4.27. The Balaban J connectivity index is 1.97. The summed E-state index contributed by atoms with van der Waals surface area (Å²) in [6.45, 7) is 1.99. The Bertz CT molecular complexity index is 400. The number of phenolic OH excluding ortho intramolecular Hbond substituents is 1. The molecule has 2 nitrogen and oxygen atoms in total. The molecule has 0 atom stereocenters. The predicted molar refractivity (Wildman–Crippen MR) is 64.5 cm³/mol. The Hall–Kier alpha value is -1.83. The zero-order valence-electron chi connectivity index (χ0n) is 9.35. The SMILES string of the molecule is Cc1ccc(CCc2ccc(O)cc2)cn1. The van der Waals surface area contributed by atoms with E-state index in [2.05, 4.69) is 11.1 Å². The molecule has 0 spiro atoms. The molecule has 0 aliphatic heterocycles. The number of aryl methyl sites for hydroxylation is 3. The number of nitrogens with zero attached hydrogens (tertiary/aromatic N) is 1. The lowest BCUT2D eigenvalue weighted by Crippen LogP contribution is -1.92. The van der Waals surface area contributed by atoms with Crippen LogP contribution in [0, 0.1) is 6.92 Å². The largest absolute Gasteiger partial charge is 0.508 e. The zero-order valence-corrected chi connectivity index (χ0v) is 9.35. The van der Waals surface area contributed by atoms with Crippen LogP contribution in [0.1, 0.15) is 16.8 Å². The fourth-order valence-corrected chi connectivity index (χ4v) is 1.60. The highest BCUT2D eigenvalue weighted by molar-refractivity contribution is 5.26. The molecule has 1 N–H and O–H groups in total. The maximum atomic E-state index is 9.16. The summed E-state index contributed by atoms with van der Waals surface area (Å²) < 4.78 is 0. The molecule has 1 heterocycles. The highest BCUT2D eigenvalue weighted by Crippen LogP contribution is 2.12. The zero-order chi connectivity index (χ0) is 11.4. The molecule has 0 bridgehead atoms. The van der Waals surface area contributed by atoms with E-state index in [0.29, 0.717) is 5.75 Å². The standard InChI is InChI=1S/C14H15NO/c1-11-2-3-13(10-15-11)5-4-12-6-8-14(16)9-7-12/h2-3,6-10,16H,4-5H2,1H3. The molecule has 2 heteroatoms. The number of benzene rings is 1. The van der Waals surface area contributed by atoms with Crippen molar-refractivity contribution >= 4 is 0 Å². The molecule has 0 aliphatic carbocycles. The molecule has 82 valence electrons. The van der Waals surface area contributed by atoms with Gasteiger partial charge in [-0.1, -0.05) is 18.2 Å². The summed E-state index contributed by atoms with van der Waals surface area (Å²) in [7, 11) is 0. The van der Waals surface area contributed by atoms with Crippen LogP contribution in [0.15, 0.2) is 42.6 Å². The quantitative estimate of drug-likeness (QED) is 0.850. The van der Waals surface area contributed by atoms with Gasteiger partial charge in [-0.05, 0) is 49.1 Å². The van der Waals surface area contributed by atoms with Crippen LogP contribution in [0.2, 0.25) is 0 Å². The van der Waals surface area contributed by atoms with Gasteiger partial charge in [0.2, 0.25) is 0 Å². The third kappa shape index (κ3) is 2.83. The lowest BCUT2D eigenvalue weighted by atomic mass is 10.1. The maximum Gasteiger partial charge on any atom is 0.115 e. The van der Waals surface area contributed by atoms with Crippen molar-refractivity contribution in [1.82, 2.24) is 4.98 Å². The van der Waals surface area contributed by atoms with E-state index < -0.39 is 0 Å². The first-order valence-electron chi connectivity index (χ1n) is 5.43. The van der Waals surface area contributed by atoms with Gasteiger partial charge in [0.25, 0.3) is 0 Å². The number of aromatic nitrogens is 1. The molecule has 16 heavy (non-hydrogen) atoms. The van der Waals surface area contributed by atoms with Gasteiger partial charge in [-0.25, -0.2) is 0 Å². The monoisotopic (exact) mass is 213 g/mol. The first kappa shape index (κ1) is 10.7. The van der Waals surface area contributed by atoms with Gasteiger partial charge in [0.05, 0.1) is 0 Å². The molecule has 2 rings (SSSR count). The predicted octanol–water partition coefficient (Wildman–Crippen LogP) is 2.88. The van der Waals surface area contributed by atoms with E-state index in [-0.39, 0.29) is 0 Å². The normalized spacial score (nSPS) is 10.3. The minimum atomic E-state index is 0.320. The second-order valence-electron chi connectivity index (χ2n) is 3.97. The van der Waals surface area contributed by atoms with Crippen LogP contribution in [0.4, 0.5) is 0 Å². The van der Waals surface area contributed by atoms with Crippen LogP contribution < -0.4 is 0 Å². The first-order chi connectivity index (χ1) is 7.74. The van der Waals surface area contributed by atoms with Gasteiger partial charge in [0, 0.05) is 11.9 Å².